The largest absolute Gasteiger partial charge is 0.378 e. The third-order valence-corrected chi connectivity index (χ3v) is 6.54. The van der Waals surface area contributed by atoms with Gasteiger partial charge in [0.15, 0.2) is 0 Å². The van der Waals surface area contributed by atoms with E-state index < -0.39 is 13.7 Å². The Morgan fingerprint density at radius 3 is 2.28 bits per heavy atom. The lowest BCUT2D eigenvalue weighted by atomic mass is 9.91. The first-order chi connectivity index (χ1) is 12.0. The molecular formula is C18H38NO5P. The zero-order valence-electron chi connectivity index (χ0n) is 16.4. The summed E-state index contributed by atoms with van der Waals surface area (Å²) < 4.78 is 35.0. The molecule has 0 aromatic carbocycles. The molecule has 1 fully saturated rings. The Hall–Kier alpha value is 0.0300. The van der Waals surface area contributed by atoms with E-state index in [0.717, 1.165) is 12.8 Å². The predicted octanol–water partition coefficient (Wildman–Crippen LogP) is 4.32. The summed E-state index contributed by atoms with van der Waals surface area (Å²) in [4.78, 5) is 0. The molecule has 5 atom stereocenters. The van der Waals surface area contributed by atoms with Crippen LogP contribution in [0.15, 0.2) is 0 Å². The number of rotatable bonds is 13. The second kappa shape index (κ2) is 12.4. The lowest BCUT2D eigenvalue weighted by molar-refractivity contribution is -0.165. The standard InChI is InChI=1S/C18H38NO5P/c1-5-6-7-8-9-10-11-12-16-18(24-25(20,14-19)22-4)17(21-3)15(2)13-23-16/h15-18H,5-14,19H2,1-4H3. The maximum absolute atomic E-state index is 12.5. The lowest BCUT2D eigenvalue weighted by Crippen LogP contribution is -2.51. The van der Waals surface area contributed by atoms with Gasteiger partial charge < -0.3 is 19.7 Å². The molecule has 2 N–H and O–H groups in total. The van der Waals surface area contributed by atoms with Crippen molar-refractivity contribution in [2.24, 2.45) is 11.7 Å². The van der Waals surface area contributed by atoms with Crippen molar-refractivity contribution >= 4 is 7.60 Å². The maximum atomic E-state index is 12.5. The smallest absolute Gasteiger partial charge is 0.344 e. The van der Waals surface area contributed by atoms with Crippen LogP contribution < -0.4 is 5.73 Å². The van der Waals surface area contributed by atoms with Crippen molar-refractivity contribution in [2.45, 2.75) is 83.5 Å². The highest BCUT2D eigenvalue weighted by Crippen LogP contribution is 2.49. The van der Waals surface area contributed by atoms with Gasteiger partial charge in [0.25, 0.3) is 0 Å². The number of methoxy groups -OCH3 is 1. The van der Waals surface area contributed by atoms with Gasteiger partial charge in [-0.25, -0.2) is 0 Å². The molecule has 0 bridgehead atoms. The average Bonchev–Trinajstić information content (AvgIpc) is 2.62. The Morgan fingerprint density at radius 1 is 1.08 bits per heavy atom. The van der Waals surface area contributed by atoms with Crippen LogP contribution >= 0.6 is 7.60 Å². The number of ether oxygens (including phenoxy) is 2. The molecule has 7 heteroatoms. The van der Waals surface area contributed by atoms with Crippen LogP contribution in [-0.4, -0.2) is 45.4 Å². The van der Waals surface area contributed by atoms with Gasteiger partial charge in [-0.2, -0.15) is 0 Å². The molecule has 1 saturated heterocycles. The van der Waals surface area contributed by atoms with Gasteiger partial charge >= 0.3 is 7.60 Å². The second-order valence-corrected chi connectivity index (χ2v) is 9.17. The number of hydrogen-bond acceptors (Lipinski definition) is 6. The van der Waals surface area contributed by atoms with Crippen LogP contribution in [0.1, 0.15) is 65.2 Å². The van der Waals surface area contributed by atoms with Gasteiger partial charge in [-0.1, -0.05) is 58.8 Å². The SMILES string of the molecule is CCCCCCCCCC1OCC(C)C(OC)C1OP(=O)(CN)OC. The zero-order valence-corrected chi connectivity index (χ0v) is 17.3. The van der Waals surface area contributed by atoms with Crippen molar-refractivity contribution in [3.8, 4) is 0 Å². The minimum atomic E-state index is -3.30. The molecule has 0 spiro atoms. The van der Waals surface area contributed by atoms with E-state index in [1.165, 1.54) is 45.6 Å². The second-order valence-electron chi connectivity index (χ2n) is 7.01. The fourth-order valence-corrected chi connectivity index (χ4v) is 4.34. The van der Waals surface area contributed by atoms with E-state index in [2.05, 4.69) is 13.8 Å². The van der Waals surface area contributed by atoms with E-state index in [-0.39, 0.29) is 24.4 Å². The van der Waals surface area contributed by atoms with E-state index in [4.69, 9.17) is 24.3 Å². The lowest BCUT2D eigenvalue weighted by Gasteiger charge is -2.41. The fraction of sp³-hybridized carbons (Fsp3) is 1.00. The summed E-state index contributed by atoms with van der Waals surface area (Å²) in [6.07, 6.45) is 8.72. The zero-order chi connectivity index (χ0) is 18.7. The van der Waals surface area contributed by atoms with Crippen LogP contribution in [0.3, 0.4) is 0 Å². The van der Waals surface area contributed by atoms with Gasteiger partial charge in [-0.05, 0) is 6.42 Å². The molecule has 25 heavy (non-hydrogen) atoms. The van der Waals surface area contributed by atoms with E-state index in [1.54, 1.807) is 7.11 Å². The summed E-state index contributed by atoms with van der Waals surface area (Å²) in [5.74, 6) is 0.170. The van der Waals surface area contributed by atoms with Crippen LogP contribution in [0.25, 0.3) is 0 Å². The summed E-state index contributed by atoms with van der Waals surface area (Å²) in [5.41, 5.74) is 5.59. The van der Waals surface area contributed by atoms with E-state index >= 15 is 0 Å². The normalized spacial score (nSPS) is 29.5. The summed E-state index contributed by atoms with van der Waals surface area (Å²) in [6.45, 7) is 4.90. The number of unbranched alkanes of at least 4 members (excludes halogenated alkanes) is 6. The van der Waals surface area contributed by atoms with Gasteiger partial charge in [0.2, 0.25) is 0 Å². The predicted molar refractivity (Wildman–Crippen MR) is 101 cm³/mol. The minimum absolute atomic E-state index is 0.133. The van der Waals surface area contributed by atoms with Crippen LogP contribution in [0.5, 0.6) is 0 Å². The molecule has 5 unspecified atom stereocenters. The first-order valence-electron chi connectivity index (χ1n) is 9.69. The first kappa shape index (κ1) is 23.1. The van der Waals surface area contributed by atoms with Gasteiger partial charge in [-0.15, -0.1) is 0 Å². The third-order valence-electron chi connectivity index (χ3n) is 4.97. The van der Waals surface area contributed by atoms with Crippen molar-refractivity contribution in [1.29, 1.82) is 0 Å². The highest BCUT2D eigenvalue weighted by atomic mass is 31.2. The molecule has 0 radical (unpaired) electrons. The molecule has 0 aromatic rings. The van der Waals surface area contributed by atoms with Crippen LogP contribution in [0.4, 0.5) is 0 Å². The van der Waals surface area contributed by atoms with Gasteiger partial charge in [0.1, 0.15) is 6.10 Å². The Kier molecular flexibility index (Phi) is 11.5. The highest BCUT2D eigenvalue weighted by Gasteiger charge is 2.43. The van der Waals surface area contributed by atoms with Gasteiger partial charge in [0, 0.05) is 20.1 Å². The first-order valence-corrected chi connectivity index (χ1v) is 11.4. The monoisotopic (exact) mass is 379 g/mol. The minimum Gasteiger partial charge on any atom is -0.378 e. The Balaban J connectivity index is 2.57. The quantitative estimate of drug-likeness (QED) is 0.379. The van der Waals surface area contributed by atoms with Crippen molar-refractivity contribution in [3.63, 3.8) is 0 Å². The van der Waals surface area contributed by atoms with Gasteiger partial charge in [0.05, 0.1) is 25.1 Å². The molecule has 1 rings (SSSR count). The van der Waals surface area contributed by atoms with Crippen molar-refractivity contribution in [2.75, 3.05) is 27.1 Å². The van der Waals surface area contributed by atoms with Crippen LogP contribution in [0, 0.1) is 5.92 Å². The molecule has 0 aromatic heterocycles. The molecule has 150 valence electrons. The van der Waals surface area contributed by atoms with Crippen molar-refractivity contribution < 1.29 is 23.1 Å². The van der Waals surface area contributed by atoms with E-state index in [9.17, 15) is 4.57 Å². The Bertz CT molecular complexity index is 388. The van der Waals surface area contributed by atoms with E-state index in [1.807, 2.05) is 0 Å². The third kappa shape index (κ3) is 7.66. The van der Waals surface area contributed by atoms with Crippen LogP contribution in [-0.2, 0) is 23.1 Å². The summed E-state index contributed by atoms with van der Waals surface area (Å²) in [7, 11) is -0.274. The molecular weight excluding hydrogens is 341 g/mol. The van der Waals surface area contributed by atoms with Gasteiger partial charge in [-0.3, -0.25) is 9.09 Å². The molecule has 0 saturated carbocycles. The molecule has 1 heterocycles. The number of nitrogens with two attached hydrogens (primary N) is 1. The summed E-state index contributed by atoms with van der Waals surface area (Å²) in [5, 5.41) is 0. The Labute approximate surface area is 153 Å². The van der Waals surface area contributed by atoms with E-state index in [0.29, 0.717) is 6.61 Å². The Morgan fingerprint density at radius 2 is 1.72 bits per heavy atom. The molecule has 1 aliphatic heterocycles. The molecule has 0 aliphatic carbocycles. The summed E-state index contributed by atoms with van der Waals surface area (Å²) in [6, 6.07) is 0. The van der Waals surface area contributed by atoms with Crippen molar-refractivity contribution in [1.82, 2.24) is 0 Å². The highest BCUT2D eigenvalue weighted by molar-refractivity contribution is 7.53. The number of hydrogen-bond donors (Lipinski definition) is 1. The molecule has 1 aliphatic rings. The average molecular weight is 379 g/mol. The molecule has 0 amide bonds. The molecule has 6 nitrogen and oxygen atoms in total. The van der Waals surface area contributed by atoms with Crippen molar-refractivity contribution in [3.05, 3.63) is 0 Å². The topological polar surface area (TPSA) is 80.0 Å². The van der Waals surface area contributed by atoms with Crippen LogP contribution in [0.2, 0.25) is 0 Å². The maximum Gasteiger partial charge on any atom is 0.344 e. The summed E-state index contributed by atoms with van der Waals surface area (Å²) >= 11 is 0. The fourth-order valence-electron chi connectivity index (χ4n) is 3.39.